The highest BCUT2D eigenvalue weighted by molar-refractivity contribution is 7.15. The first kappa shape index (κ1) is 16.8. The van der Waals surface area contributed by atoms with Crippen molar-refractivity contribution in [1.82, 2.24) is 10.3 Å². The first-order chi connectivity index (χ1) is 11.6. The molecule has 1 amide bonds. The van der Waals surface area contributed by atoms with Crippen molar-refractivity contribution < 1.29 is 18.3 Å². The van der Waals surface area contributed by atoms with Crippen molar-refractivity contribution in [2.75, 3.05) is 18.4 Å². The number of carbonyl (C=O) groups excluding carboxylic acids is 1. The Morgan fingerprint density at radius 3 is 2.92 bits per heavy atom. The van der Waals surface area contributed by atoms with Crippen molar-refractivity contribution >= 4 is 22.4 Å². The van der Waals surface area contributed by atoms with E-state index in [1.54, 1.807) is 6.20 Å². The van der Waals surface area contributed by atoms with Crippen molar-refractivity contribution in [2.24, 2.45) is 0 Å². The van der Waals surface area contributed by atoms with Crippen LogP contribution in [0, 0.1) is 0 Å². The maximum absolute atomic E-state index is 12.2. The Hall–Kier alpha value is -2.06. The van der Waals surface area contributed by atoms with Gasteiger partial charge in [-0.25, -0.2) is 4.98 Å². The van der Waals surface area contributed by atoms with E-state index in [0.717, 1.165) is 30.8 Å². The lowest BCUT2D eigenvalue weighted by molar-refractivity contribution is -0.0498. The average Bonchev–Trinajstić information content (AvgIpc) is 3.04. The van der Waals surface area contributed by atoms with Crippen molar-refractivity contribution in [3.8, 4) is 5.75 Å². The van der Waals surface area contributed by atoms with Crippen LogP contribution >= 0.6 is 11.3 Å². The molecule has 24 heavy (non-hydrogen) atoms. The lowest BCUT2D eigenvalue weighted by Crippen LogP contribution is -2.26. The number of aromatic nitrogens is 1. The second-order valence-electron chi connectivity index (χ2n) is 5.45. The minimum absolute atomic E-state index is 0.0489. The Kier molecular flexibility index (Phi) is 5.37. The van der Waals surface area contributed by atoms with Crippen LogP contribution in [0.3, 0.4) is 0 Å². The van der Waals surface area contributed by atoms with Gasteiger partial charge in [0.25, 0.3) is 5.91 Å². The van der Waals surface area contributed by atoms with Gasteiger partial charge in [-0.1, -0.05) is 6.07 Å². The highest BCUT2D eigenvalue weighted by atomic mass is 32.1. The summed E-state index contributed by atoms with van der Waals surface area (Å²) in [4.78, 5) is 17.6. The minimum atomic E-state index is -2.92. The molecule has 1 aliphatic rings. The summed E-state index contributed by atoms with van der Waals surface area (Å²) in [5, 5.41) is 6.53. The van der Waals surface area contributed by atoms with Crippen LogP contribution in [0.4, 0.5) is 13.9 Å². The summed E-state index contributed by atoms with van der Waals surface area (Å²) >= 11 is 1.46. The Balaban J connectivity index is 1.65. The third kappa shape index (κ3) is 4.27. The van der Waals surface area contributed by atoms with E-state index in [1.807, 2.05) is 0 Å². The molecule has 1 aliphatic heterocycles. The van der Waals surface area contributed by atoms with Crippen molar-refractivity contribution in [3.05, 3.63) is 40.9 Å². The zero-order valence-electron chi connectivity index (χ0n) is 12.8. The molecular formula is C16H17F2N3O2S. The van der Waals surface area contributed by atoms with Crippen LogP contribution in [0.15, 0.2) is 30.5 Å². The predicted octanol–water partition coefficient (Wildman–Crippen LogP) is 3.46. The number of hydrogen-bond donors (Lipinski definition) is 2. The fourth-order valence-electron chi connectivity index (χ4n) is 2.62. The summed E-state index contributed by atoms with van der Waals surface area (Å²) in [6, 6.07) is 5.69. The van der Waals surface area contributed by atoms with E-state index in [-0.39, 0.29) is 11.3 Å². The molecule has 3 rings (SSSR count). The standard InChI is InChI=1S/C16H17F2N3O2S/c17-15(18)23-12-3-1-2-11(8-12)14(22)21-16-20-9-13(24-16)10-4-6-19-7-5-10/h1-3,8-10,15,19H,4-7H2,(H,20,21,22). The third-order valence-electron chi connectivity index (χ3n) is 3.81. The molecule has 128 valence electrons. The van der Waals surface area contributed by atoms with E-state index in [1.165, 1.54) is 35.6 Å². The van der Waals surface area contributed by atoms with Gasteiger partial charge in [0, 0.05) is 16.6 Å². The smallest absolute Gasteiger partial charge is 0.387 e. The van der Waals surface area contributed by atoms with E-state index in [9.17, 15) is 13.6 Å². The quantitative estimate of drug-likeness (QED) is 0.864. The maximum Gasteiger partial charge on any atom is 0.387 e. The SMILES string of the molecule is O=C(Nc1ncc(C2CCNCC2)s1)c1cccc(OC(F)F)c1. The Morgan fingerprint density at radius 2 is 2.17 bits per heavy atom. The van der Waals surface area contributed by atoms with Gasteiger partial charge in [-0.3, -0.25) is 10.1 Å². The summed E-state index contributed by atoms with van der Waals surface area (Å²) in [6.45, 7) is -0.947. The third-order valence-corrected chi connectivity index (χ3v) is 4.88. The predicted molar refractivity (Wildman–Crippen MR) is 88.0 cm³/mol. The molecule has 8 heteroatoms. The van der Waals surface area contributed by atoms with Crippen LogP contribution in [0.1, 0.15) is 34.0 Å². The van der Waals surface area contributed by atoms with Gasteiger partial charge in [-0.05, 0) is 50.0 Å². The molecule has 2 heterocycles. The number of amides is 1. The summed E-state index contributed by atoms with van der Waals surface area (Å²) < 4.78 is 28.8. The van der Waals surface area contributed by atoms with E-state index >= 15 is 0 Å². The number of nitrogens with zero attached hydrogens (tertiary/aromatic N) is 1. The molecule has 0 aliphatic carbocycles. The van der Waals surface area contributed by atoms with Crippen LogP contribution < -0.4 is 15.4 Å². The van der Waals surface area contributed by atoms with Gasteiger partial charge in [0.2, 0.25) is 0 Å². The van der Waals surface area contributed by atoms with Crippen LogP contribution in [0.5, 0.6) is 5.75 Å². The maximum atomic E-state index is 12.2. The topological polar surface area (TPSA) is 63.2 Å². The Labute approximate surface area is 142 Å². The van der Waals surface area contributed by atoms with Gasteiger partial charge in [-0.2, -0.15) is 8.78 Å². The molecule has 0 spiro atoms. The molecule has 5 nitrogen and oxygen atoms in total. The monoisotopic (exact) mass is 353 g/mol. The van der Waals surface area contributed by atoms with Crippen LogP contribution in [0.2, 0.25) is 0 Å². The van der Waals surface area contributed by atoms with Gasteiger partial charge in [0.05, 0.1) is 0 Å². The Bertz CT molecular complexity index is 702. The van der Waals surface area contributed by atoms with E-state index < -0.39 is 12.5 Å². The van der Waals surface area contributed by atoms with Gasteiger partial charge >= 0.3 is 6.61 Å². The second kappa shape index (κ2) is 7.67. The van der Waals surface area contributed by atoms with Crippen LogP contribution in [-0.4, -0.2) is 30.6 Å². The fourth-order valence-corrected chi connectivity index (χ4v) is 3.60. The van der Waals surface area contributed by atoms with E-state index in [2.05, 4.69) is 20.4 Å². The number of anilines is 1. The number of hydrogen-bond acceptors (Lipinski definition) is 5. The first-order valence-electron chi connectivity index (χ1n) is 7.64. The number of piperidine rings is 1. The Morgan fingerprint density at radius 1 is 1.38 bits per heavy atom. The number of benzene rings is 1. The molecule has 0 bridgehead atoms. The molecule has 0 atom stereocenters. The normalized spacial score (nSPS) is 15.5. The van der Waals surface area contributed by atoms with Gasteiger partial charge < -0.3 is 10.1 Å². The molecule has 0 radical (unpaired) electrons. The molecule has 1 aromatic heterocycles. The largest absolute Gasteiger partial charge is 0.435 e. The zero-order chi connectivity index (χ0) is 16.9. The van der Waals surface area contributed by atoms with E-state index in [4.69, 9.17) is 0 Å². The molecule has 1 saturated heterocycles. The lowest BCUT2D eigenvalue weighted by Gasteiger charge is -2.20. The fraction of sp³-hybridized carbons (Fsp3) is 0.375. The summed E-state index contributed by atoms with van der Waals surface area (Å²) in [6.07, 6.45) is 3.91. The number of halogens is 2. The number of rotatable bonds is 5. The lowest BCUT2D eigenvalue weighted by atomic mass is 9.97. The molecule has 2 N–H and O–H groups in total. The van der Waals surface area contributed by atoms with Crippen LogP contribution in [-0.2, 0) is 0 Å². The molecule has 1 aromatic carbocycles. The van der Waals surface area contributed by atoms with Crippen molar-refractivity contribution in [3.63, 3.8) is 0 Å². The molecule has 2 aromatic rings. The highest BCUT2D eigenvalue weighted by Crippen LogP contribution is 2.31. The molecular weight excluding hydrogens is 336 g/mol. The molecule has 0 saturated carbocycles. The molecule has 1 fully saturated rings. The first-order valence-corrected chi connectivity index (χ1v) is 8.46. The van der Waals surface area contributed by atoms with Crippen molar-refractivity contribution in [1.29, 1.82) is 0 Å². The zero-order valence-corrected chi connectivity index (χ0v) is 13.6. The van der Waals surface area contributed by atoms with E-state index in [0.29, 0.717) is 11.0 Å². The summed E-state index contributed by atoms with van der Waals surface area (Å²) in [5.41, 5.74) is 0.242. The van der Waals surface area contributed by atoms with Crippen molar-refractivity contribution in [2.45, 2.75) is 25.4 Å². The average molecular weight is 353 g/mol. The number of carbonyl (C=O) groups is 1. The number of ether oxygens (including phenoxy) is 1. The number of alkyl halides is 2. The number of thiazole rings is 1. The van der Waals surface area contributed by atoms with Gasteiger partial charge in [0.1, 0.15) is 5.75 Å². The summed E-state index contributed by atoms with van der Waals surface area (Å²) in [5.74, 6) is 0.0188. The van der Waals surface area contributed by atoms with Crippen LogP contribution in [0.25, 0.3) is 0 Å². The summed E-state index contributed by atoms with van der Waals surface area (Å²) in [7, 11) is 0. The number of nitrogens with one attached hydrogen (secondary N) is 2. The molecule has 0 unspecified atom stereocenters. The highest BCUT2D eigenvalue weighted by Gasteiger charge is 2.18. The minimum Gasteiger partial charge on any atom is -0.435 e. The second-order valence-corrected chi connectivity index (χ2v) is 6.51. The van der Waals surface area contributed by atoms with Gasteiger partial charge in [0.15, 0.2) is 5.13 Å². The van der Waals surface area contributed by atoms with Gasteiger partial charge in [-0.15, -0.1) is 11.3 Å².